The number of carbonyl (C=O) groups excluding carboxylic acids is 1. The van der Waals surface area contributed by atoms with E-state index >= 15 is 0 Å². The number of aliphatic hydroxyl groups excluding tert-OH is 3. The first-order valence-electron chi connectivity index (χ1n) is 10.6. The van der Waals surface area contributed by atoms with Gasteiger partial charge in [-0.1, -0.05) is 31.2 Å². The van der Waals surface area contributed by atoms with Crippen LogP contribution in [0, 0.1) is 17.8 Å². The van der Waals surface area contributed by atoms with Gasteiger partial charge in [0.05, 0.1) is 24.7 Å². The minimum atomic E-state index is -1.10. The Morgan fingerprint density at radius 1 is 1.30 bits per heavy atom. The molecular weight excluding hydrogens is 388 g/mol. The summed E-state index contributed by atoms with van der Waals surface area (Å²) < 4.78 is 5.77. The maximum atomic E-state index is 12.4. The zero-order chi connectivity index (χ0) is 22.4. The number of fused-ring (bicyclic) bond motifs is 1. The third kappa shape index (κ3) is 6.52. The molecule has 7 heteroatoms. The van der Waals surface area contributed by atoms with Gasteiger partial charge in [0.25, 0.3) is 0 Å². The highest BCUT2D eigenvalue weighted by Crippen LogP contribution is 2.44. The first-order valence-corrected chi connectivity index (χ1v) is 10.6. The highest BCUT2D eigenvalue weighted by Gasteiger charge is 2.42. The quantitative estimate of drug-likeness (QED) is 0.332. The van der Waals surface area contributed by atoms with E-state index in [4.69, 9.17) is 9.84 Å². The number of allylic oxidation sites excluding steroid dienone is 3. The number of esters is 1. The summed E-state index contributed by atoms with van der Waals surface area (Å²) in [6.45, 7) is 5.54. The monoisotopic (exact) mass is 422 g/mol. The van der Waals surface area contributed by atoms with Gasteiger partial charge in [-0.05, 0) is 50.5 Å². The Labute approximate surface area is 177 Å². The molecule has 0 saturated heterocycles. The summed E-state index contributed by atoms with van der Waals surface area (Å²) in [6, 6.07) is 0. The van der Waals surface area contributed by atoms with Gasteiger partial charge >= 0.3 is 11.9 Å². The normalized spacial score (nSPS) is 30.8. The van der Waals surface area contributed by atoms with Crippen LogP contribution in [-0.4, -0.2) is 56.8 Å². The lowest BCUT2D eigenvalue weighted by atomic mass is 9.66. The van der Waals surface area contributed by atoms with Crippen LogP contribution in [0.5, 0.6) is 0 Å². The van der Waals surface area contributed by atoms with Crippen molar-refractivity contribution in [3.8, 4) is 0 Å². The zero-order valence-electron chi connectivity index (χ0n) is 17.9. The molecule has 0 saturated carbocycles. The Hall–Kier alpha value is -1.96. The maximum absolute atomic E-state index is 12.4. The standard InChI is InChI=1S/C23H34O7/c1-4-13(2)23(29)30-20-11-17(25)9-15-6-5-14(3)19(22(15)20)8-7-16(24)10-18(26)12-21(27)28/h4-6,9,14,16-20,22,24-26H,7-8,10-12H2,1-3H3,(H,27,28)/b13-4+/t14-,16+,17+,18+,19-,20-,22-/m0/s1. The van der Waals surface area contributed by atoms with Gasteiger partial charge in [0.2, 0.25) is 0 Å². The molecule has 0 heterocycles. The van der Waals surface area contributed by atoms with Gasteiger partial charge in [-0.2, -0.15) is 0 Å². The van der Waals surface area contributed by atoms with Crippen molar-refractivity contribution in [3.63, 3.8) is 0 Å². The number of hydrogen-bond donors (Lipinski definition) is 4. The summed E-state index contributed by atoms with van der Waals surface area (Å²) in [7, 11) is 0. The average Bonchev–Trinajstić information content (AvgIpc) is 2.65. The molecule has 0 unspecified atom stereocenters. The minimum Gasteiger partial charge on any atom is -0.481 e. The molecule has 0 aliphatic heterocycles. The van der Waals surface area contributed by atoms with Gasteiger partial charge < -0.3 is 25.2 Å². The van der Waals surface area contributed by atoms with E-state index in [-0.39, 0.29) is 24.2 Å². The van der Waals surface area contributed by atoms with Crippen LogP contribution in [-0.2, 0) is 14.3 Å². The number of aliphatic carboxylic acids is 1. The highest BCUT2D eigenvalue weighted by atomic mass is 16.5. The smallest absolute Gasteiger partial charge is 0.333 e. The summed E-state index contributed by atoms with van der Waals surface area (Å²) in [5.41, 5.74) is 1.45. The predicted octanol–water partition coefficient (Wildman–Crippen LogP) is 2.36. The molecule has 2 aliphatic carbocycles. The van der Waals surface area contributed by atoms with Crippen LogP contribution in [0.15, 0.2) is 35.5 Å². The molecule has 2 aliphatic rings. The van der Waals surface area contributed by atoms with Crippen molar-refractivity contribution in [1.29, 1.82) is 0 Å². The van der Waals surface area contributed by atoms with Crippen molar-refractivity contribution >= 4 is 11.9 Å². The lowest BCUT2D eigenvalue weighted by Crippen LogP contribution is -2.42. The van der Waals surface area contributed by atoms with Gasteiger partial charge in [0.15, 0.2) is 0 Å². The second-order valence-corrected chi connectivity index (χ2v) is 8.51. The number of carboxylic acids is 1. The average molecular weight is 423 g/mol. The topological polar surface area (TPSA) is 124 Å². The van der Waals surface area contributed by atoms with Crippen LogP contribution >= 0.6 is 0 Å². The number of rotatable bonds is 9. The Kier molecular flexibility index (Phi) is 8.82. The van der Waals surface area contributed by atoms with Gasteiger partial charge in [-0.15, -0.1) is 0 Å². The molecular formula is C23H34O7. The lowest BCUT2D eigenvalue weighted by molar-refractivity contribution is -0.150. The molecule has 0 aromatic heterocycles. The molecule has 7 nitrogen and oxygen atoms in total. The molecule has 0 amide bonds. The highest BCUT2D eigenvalue weighted by molar-refractivity contribution is 5.87. The van der Waals surface area contributed by atoms with Crippen molar-refractivity contribution in [1.82, 2.24) is 0 Å². The molecule has 0 spiro atoms. The fraction of sp³-hybridized carbons (Fsp3) is 0.652. The molecule has 0 fully saturated rings. The fourth-order valence-corrected chi connectivity index (χ4v) is 4.44. The Balaban J connectivity index is 2.11. The zero-order valence-corrected chi connectivity index (χ0v) is 17.9. The summed E-state index contributed by atoms with van der Waals surface area (Å²) in [5.74, 6) is -1.31. The summed E-state index contributed by atoms with van der Waals surface area (Å²) in [4.78, 5) is 23.1. The first-order chi connectivity index (χ1) is 14.1. The van der Waals surface area contributed by atoms with E-state index in [1.165, 1.54) is 0 Å². The number of carbonyl (C=O) groups is 2. The lowest BCUT2D eigenvalue weighted by Gasteiger charge is -2.42. The summed E-state index contributed by atoms with van der Waals surface area (Å²) >= 11 is 0. The van der Waals surface area contributed by atoms with Crippen LogP contribution < -0.4 is 0 Å². The third-order valence-corrected chi connectivity index (χ3v) is 6.17. The van der Waals surface area contributed by atoms with Crippen molar-refractivity contribution in [3.05, 3.63) is 35.5 Å². The summed E-state index contributed by atoms with van der Waals surface area (Å²) in [5, 5.41) is 39.0. The van der Waals surface area contributed by atoms with Crippen molar-refractivity contribution in [2.24, 2.45) is 17.8 Å². The van der Waals surface area contributed by atoms with Gasteiger partial charge in [0, 0.05) is 17.9 Å². The largest absolute Gasteiger partial charge is 0.481 e. The van der Waals surface area contributed by atoms with E-state index in [0.717, 1.165) is 5.57 Å². The Morgan fingerprint density at radius 3 is 2.63 bits per heavy atom. The maximum Gasteiger partial charge on any atom is 0.333 e. The molecule has 30 heavy (non-hydrogen) atoms. The van der Waals surface area contributed by atoms with E-state index < -0.39 is 42.8 Å². The van der Waals surface area contributed by atoms with Crippen LogP contribution in [0.4, 0.5) is 0 Å². The van der Waals surface area contributed by atoms with Gasteiger partial charge in [-0.3, -0.25) is 4.79 Å². The molecule has 0 bridgehead atoms. The van der Waals surface area contributed by atoms with Gasteiger partial charge in [0.1, 0.15) is 6.10 Å². The van der Waals surface area contributed by atoms with E-state index in [1.807, 2.05) is 6.08 Å². The SMILES string of the molecule is C/C=C(\C)C(=O)O[C@H]1C[C@H](O)C=C2C=C[C@H](C)[C@H](CC[C@@H](O)C[C@@H](O)CC(=O)O)[C@H]21. The molecule has 2 rings (SSSR count). The van der Waals surface area contributed by atoms with Crippen LogP contribution in [0.25, 0.3) is 0 Å². The summed E-state index contributed by atoms with van der Waals surface area (Å²) in [6.07, 6.45) is 5.46. The minimum absolute atomic E-state index is 0.00816. The molecule has 0 radical (unpaired) electrons. The van der Waals surface area contributed by atoms with Crippen molar-refractivity contribution < 1.29 is 34.8 Å². The molecule has 0 aromatic carbocycles. The number of carboxylic acid groups (broad SMARTS) is 1. The third-order valence-electron chi connectivity index (χ3n) is 6.17. The molecule has 7 atom stereocenters. The van der Waals surface area contributed by atoms with Crippen LogP contribution in [0.3, 0.4) is 0 Å². The molecule has 0 aromatic rings. The second kappa shape index (κ2) is 10.9. The predicted molar refractivity (Wildman–Crippen MR) is 111 cm³/mol. The van der Waals surface area contributed by atoms with E-state index in [2.05, 4.69) is 13.0 Å². The molecule has 168 valence electrons. The molecule has 4 N–H and O–H groups in total. The van der Waals surface area contributed by atoms with E-state index in [1.54, 1.807) is 26.0 Å². The fourth-order valence-electron chi connectivity index (χ4n) is 4.44. The van der Waals surface area contributed by atoms with E-state index in [9.17, 15) is 24.9 Å². The number of aliphatic hydroxyl groups is 3. The number of ether oxygens (including phenoxy) is 1. The van der Waals surface area contributed by atoms with E-state index in [0.29, 0.717) is 24.8 Å². The number of hydrogen-bond acceptors (Lipinski definition) is 6. The second-order valence-electron chi connectivity index (χ2n) is 8.51. The Morgan fingerprint density at radius 2 is 2.00 bits per heavy atom. The van der Waals surface area contributed by atoms with Gasteiger partial charge in [-0.25, -0.2) is 4.79 Å². The van der Waals surface area contributed by atoms with Crippen LogP contribution in [0.1, 0.15) is 52.9 Å². The Bertz CT molecular complexity index is 708. The van der Waals surface area contributed by atoms with Crippen molar-refractivity contribution in [2.75, 3.05) is 0 Å². The van der Waals surface area contributed by atoms with Crippen LogP contribution in [0.2, 0.25) is 0 Å². The van der Waals surface area contributed by atoms with Crippen molar-refractivity contribution in [2.45, 2.75) is 77.3 Å². The first kappa shape index (κ1) is 24.3.